The first-order valence-corrected chi connectivity index (χ1v) is 8.11. The summed E-state index contributed by atoms with van der Waals surface area (Å²) >= 11 is 0. The van der Waals surface area contributed by atoms with E-state index < -0.39 is 0 Å². The third kappa shape index (κ3) is 2.95. The van der Waals surface area contributed by atoms with Crippen LogP contribution in [0.25, 0.3) is 11.3 Å². The Morgan fingerprint density at radius 2 is 2.04 bits per heavy atom. The molecule has 1 aromatic heterocycles. The first kappa shape index (κ1) is 16.0. The van der Waals surface area contributed by atoms with Crippen LogP contribution in [0.15, 0.2) is 48.9 Å². The third-order valence-electron chi connectivity index (χ3n) is 4.18. The highest BCUT2D eigenvalue weighted by atomic mass is 16.7. The molecule has 0 aliphatic carbocycles. The zero-order chi connectivity index (χ0) is 17.9. The van der Waals surface area contributed by atoms with Crippen molar-refractivity contribution in [3.63, 3.8) is 0 Å². The SMILES string of the molecule is COc1c(NCc2ccc3c(c2)OCO3)ccc(-c2ccncn2)c1N. The van der Waals surface area contributed by atoms with Gasteiger partial charge in [-0.2, -0.15) is 0 Å². The van der Waals surface area contributed by atoms with Gasteiger partial charge in [0.1, 0.15) is 6.33 Å². The Morgan fingerprint density at radius 1 is 1.15 bits per heavy atom. The summed E-state index contributed by atoms with van der Waals surface area (Å²) < 4.78 is 16.3. The van der Waals surface area contributed by atoms with Crippen molar-refractivity contribution in [3.05, 3.63) is 54.5 Å². The van der Waals surface area contributed by atoms with Gasteiger partial charge in [-0.1, -0.05) is 6.07 Å². The molecule has 26 heavy (non-hydrogen) atoms. The van der Waals surface area contributed by atoms with Gasteiger partial charge in [0.2, 0.25) is 6.79 Å². The number of nitrogens with two attached hydrogens (primary N) is 1. The lowest BCUT2D eigenvalue weighted by molar-refractivity contribution is 0.174. The molecule has 0 bridgehead atoms. The number of anilines is 2. The maximum Gasteiger partial charge on any atom is 0.231 e. The Hall–Kier alpha value is -3.48. The maximum atomic E-state index is 6.31. The van der Waals surface area contributed by atoms with Gasteiger partial charge in [-0.05, 0) is 35.9 Å². The Balaban J connectivity index is 1.58. The summed E-state index contributed by atoms with van der Waals surface area (Å²) in [5, 5.41) is 3.36. The first-order valence-electron chi connectivity index (χ1n) is 8.11. The Bertz CT molecular complexity index is 932. The predicted octanol–water partition coefficient (Wildman–Crippen LogP) is 3.08. The molecule has 0 radical (unpaired) electrons. The van der Waals surface area contributed by atoms with E-state index in [4.69, 9.17) is 19.9 Å². The number of ether oxygens (including phenoxy) is 3. The highest BCUT2D eigenvalue weighted by Crippen LogP contribution is 2.39. The number of hydrogen-bond acceptors (Lipinski definition) is 7. The van der Waals surface area contributed by atoms with Crippen LogP contribution in [0.2, 0.25) is 0 Å². The Morgan fingerprint density at radius 3 is 2.85 bits per heavy atom. The van der Waals surface area contributed by atoms with Crippen LogP contribution < -0.4 is 25.3 Å². The van der Waals surface area contributed by atoms with E-state index in [9.17, 15) is 0 Å². The van der Waals surface area contributed by atoms with Gasteiger partial charge in [-0.25, -0.2) is 9.97 Å². The Labute approximate surface area is 150 Å². The van der Waals surface area contributed by atoms with Crippen LogP contribution in [-0.2, 0) is 6.54 Å². The molecule has 1 aliphatic heterocycles. The van der Waals surface area contributed by atoms with Crippen molar-refractivity contribution < 1.29 is 14.2 Å². The fourth-order valence-electron chi connectivity index (χ4n) is 2.88. The fourth-order valence-corrected chi connectivity index (χ4v) is 2.88. The molecule has 132 valence electrons. The number of fused-ring (bicyclic) bond motifs is 1. The topological polar surface area (TPSA) is 91.5 Å². The smallest absolute Gasteiger partial charge is 0.231 e. The van der Waals surface area contributed by atoms with Gasteiger partial charge in [0, 0.05) is 18.3 Å². The lowest BCUT2D eigenvalue weighted by Crippen LogP contribution is -2.04. The van der Waals surface area contributed by atoms with E-state index in [1.165, 1.54) is 6.33 Å². The van der Waals surface area contributed by atoms with Crippen molar-refractivity contribution in [1.29, 1.82) is 0 Å². The van der Waals surface area contributed by atoms with Crippen molar-refractivity contribution >= 4 is 11.4 Å². The van der Waals surface area contributed by atoms with Crippen LogP contribution in [-0.4, -0.2) is 23.9 Å². The fraction of sp³-hybridized carbons (Fsp3) is 0.158. The monoisotopic (exact) mass is 350 g/mol. The van der Waals surface area contributed by atoms with E-state index in [0.29, 0.717) is 18.0 Å². The lowest BCUT2D eigenvalue weighted by atomic mass is 10.1. The number of rotatable bonds is 5. The van der Waals surface area contributed by atoms with Gasteiger partial charge < -0.3 is 25.3 Å². The molecule has 4 rings (SSSR count). The summed E-state index contributed by atoms with van der Waals surface area (Å²) in [7, 11) is 1.60. The molecule has 0 saturated heterocycles. The van der Waals surface area contributed by atoms with Gasteiger partial charge >= 0.3 is 0 Å². The second-order valence-corrected chi connectivity index (χ2v) is 5.74. The molecule has 3 N–H and O–H groups in total. The molecule has 7 nitrogen and oxygen atoms in total. The molecular weight excluding hydrogens is 332 g/mol. The van der Waals surface area contributed by atoms with E-state index in [2.05, 4.69) is 15.3 Å². The van der Waals surface area contributed by atoms with Crippen molar-refractivity contribution in [2.75, 3.05) is 25.0 Å². The van der Waals surface area contributed by atoms with Gasteiger partial charge in [-0.3, -0.25) is 0 Å². The van der Waals surface area contributed by atoms with E-state index in [1.807, 2.05) is 36.4 Å². The van der Waals surface area contributed by atoms with E-state index >= 15 is 0 Å². The van der Waals surface area contributed by atoms with Gasteiger partial charge in [0.25, 0.3) is 0 Å². The molecule has 0 saturated carbocycles. The molecule has 7 heteroatoms. The van der Waals surface area contributed by atoms with Crippen LogP contribution in [0.3, 0.4) is 0 Å². The molecule has 0 fully saturated rings. The molecule has 1 aliphatic rings. The average Bonchev–Trinajstić information content (AvgIpc) is 3.15. The number of hydrogen-bond donors (Lipinski definition) is 2. The molecule has 3 aromatic rings. The number of nitrogen functional groups attached to an aromatic ring is 1. The van der Waals surface area contributed by atoms with Crippen LogP contribution in [0.5, 0.6) is 17.2 Å². The summed E-state index contributed by atoms with van der Waals surface area (Å²) in [6.07, 6.45) is 3.17. The molecule has 0 spiro atoms. The number of aromatic nitrogens is 2. The zero-order valence-electron chi connectivity index (χ0n) is 14.2. The van der Waals surface area contributed by atoms with Crippen molar-refractivity contribution in [1.82, 2.24) is 9.97 Å². The summed E-state index contributed by atoms with van der Waals surface area (Å²) in [4.78, 5) is 8.18. The zero-order valence-corrected chi connectivity index (χ0v) is 14.2. The molecule has 0 atom stereocenters. The highest BCUT2D eigenvalue weighted by Gasteiger charge is 2.15. The van der Waals surface area contributed by atoms with E-state index in [0.717, 1.165) is 34.0 Å². The standard InChI is InChI=1S/C19H18N4O3/c1-24-19-15(4-3-13(18(19)20)14-6-7-21-10-23-14)22-9-12-2-5-16-17(8-12)26-11-25-16/h2-8,10,22H,9,11,20H2,1H3. The minimum atomic E-state index is 0.265. The van der Waals surface area contributed by atoms with Crippen molar-refractivity contribution in [2.24, 2.45) is 0 Å². The normalized spacial score (nSPS) is 12.0. The number of benzene rings is 2. The summed E-state index contributed by atoms with van der Waals surface area (Å²) in [5.74, 6) is 2.11. The summed E-state index contributed by atoms with van der Waals surface area (Å²) in [6, 6.07) is 11.5. The number of methoxy groups -OCH3 is 1. The summed E-state index contributed by atoms with van der Waals surface area (Å²) in [5.41, 5.74) is 10.3. The van der Waals surface area contributed by atoms with Gasteiger partial charge in [0.15, 0.2) is 17.2 Å². The van der Waals surface area contributed by atoms with Crippen LogP contribution in [0.4, 0.5) is 11.4 Å². The van der Waals surface area contributed by atoms with Crippen molar-refractivity contribution in [2.45, 2.75) is 6.54 Å². The maximum absolute atomic E-state index is 6.31. The number of nitrogens with one attached hydrogen (secondary N) is 1. The van der Waals surface area contributed by atoms with E-state index in [1.54, 1.807) is 13.3 Å². The molecule has 0 unspecified atom stereocenters. The minimum Gasteiger partial charge on any atom is -0.492 e. The highest BCUT2D eigenvalue weighted by molar-refractivity contribution is 5.84. The average molecular weight is 350 g/mol. The first-order chi connectivity index (χ1) is 12.8. The lowest BCUT2D eigenvalue weighted by Gasteiger charge is -2.16. The third-order valence-corrected chi connectivity index (χ3v) is 4.18. The van der Waals surface area contributed by atoms with E-state index in [-0.39, 0.29) is 6.79 Å². The predicted molar refractivity (Wildman–Crippen MR) is 98.3 cm³/mol. The quantitative estimate of drug-likeness (QED) is 0.683. The van der Waals surface area contributed by atoms with Gasteiger partial charge in [-0.15, -0.1) is 0 Å². The van der Waals surface area contributed by atoms with Gasteiger partial charge in [0.05, 0.1) is 24.2 Å². The van der Waals surface area contributed by atoms with Crippen LogP contribution >= 0.6 is 0 Å². The molecule has 2 heterocycles. The second-order valence-electron chi connectivity index (χ2n) is 5.74. The minimum absolute atomic E-state index is 0.265. The second kappa shape index (κ2) is 6.79. The number of nitrogens with zero attached hydrogens (tertiary/aromatic N) is 2. The summed E-state index contributed by atoms with van der Waals surface area (Å²) in [6.45, 7) is 0.861. The largest absolute Gasteiger partial charge is 0.492 e. The molecule has 0 amide bonds. The van der Waals surface area contributed by atoms with Crippen molar-refractivity contribution in [3.8, 4) is 28.5 Å². The molecule has 2 aromatic carbocycles. The van der Waals surface area contributed by atoms with Crippen LogP contribution in [0.1, 0.15) is 5.56 Å². The molecular formula is C19H18N4O3. The van der Waals surface area contributed by atoms with Crippen LogP contribution in [0, 0.1) is 0 Å². The Kier molecular flexibility index (Phi) is 4.18.